The van der Waals surface area contributed by atoms with Gasteiger partial charge in [0.1, 0.15) is 17.9 Å². The maximum Gasteiger partial charge on any atom is 0.218 e. The number of aromatic amines is 1. The van der Waals surface area contributed by atoms with E-state index in [1.54, 1.807) is 14.1 Å². The van der Waals surface area contributed by atoms with Gasteiger partial charge in [0, 0.05) is 21.0 Å². The van der Waals surface area contributed by atoms with Crippen LogP contribution in [0, 0.1) is 11.3 Å². The number of nitriles is 1. The summed E-state index contributed by atoms with van der Waals surface area (Å²) in [6.45, 7) is 1.53. The van der Waals surface area contributed by atoms with Crippen molar-refractivity contribution < 1.29 is 4.79 Å². The SMILES string of the molecule is CC(=O)N(C)C.N#Cc1ncnc2nc[nH]c12. The van der Waals surface area contributed by atoms with Crippen molar-refractivity contribution in [2.45, 2.75) is 6.92 Å². The minimum atomic E-state index is 0.0926. The fourth-order valence-electron chi connectivity index (χ4n) is 0.850. The molecule has 0 saturated heterocycles. The minimum absolute atomic E-state index is 0.0926. The second-order valence-corrected chi connectivity index (χ2v) is 3.35. The van der Waals surface area contributed by atoms with Gasteiger partial charge < -0.3 is 9.88 Å². The fraction of sp³-hybridized carbons (Fsp3) is 0.300. The van der Waals surface area contributed by atoms with Gasteiger partial charge in [0.25, 0.3) is 0 Å². The maximum atomic E-state index is 10.1. The zero-order chi connectivity index (χ0) is 12.8. The lowest BCUT2D eigenvalue weighted by Gasteiger charge is -2.02. The van der Waals surface area contributed by atoms with Crippen LogP contribution >= 0.6 is 0 Å². The molecule has 7 nitrogen and oxygen atoms in total. The van der Waals surface area contributed by atoms with Crippen LogP contribution in [0.15, 0.2) is 12.7 Å². The van der Waals surface area contributed by atoms with Crippen molar-refractivity contribution in [2.24, 2.45) is 0 Å². The summed E-state index contributed by atoms with van der Waals surface area (Å²) in [5.41, 5.74) is 1.44. The first kappa shape index (κ1) is 12.6. The Bertz CT molecular complexity index is 553. The average molecular weight is 232 g/mol. The zero-order valence-electron chi connectivity index (χ0n) is 9.80. The average Bonchev–Trinajstić information content (AvgIpc) is 2.77. The quantitative estimate of drug-likeness (QED) is 0.705. The van der Waals surface area contributed by atoms with Crippen LogP contribution in [-0.4, -0.2) is 44.8 Å². The third kappa shape index (κ3) is 3.24. The van der Waals surface area contributed by atoms with Gasteiger partial charge in [0.05, 0.1) is 6.33 Å². The summed E-state index contributed by atoms with van der Waals surface area (Å²) < 4.78 is 0. The molecule has 0 spiro atoms. The van der Waals surface area contributed by atoms with Crippen LogP contribution in [0.5, 0.6) is 0 Å². The highest BCUT2D eigenvalue weighted by Crippen LogP contribution is 2.06. The van der Waals surface area contributed by atoms with Crippen LogP contribution in [0.1, 0.15) is 12.6 Å². The fourth-order valence-corrected chi connectivity index (χ4v) is 0.850. The summed E-state index contributed by atoms with van der Waals surface area (Å²) in [5.74, 6) is 0.0926. The van der Waals surface area contributed by atoms with Gasteiger partial charge in [0.15, 0.2) is 11.3 Å². The molecule has 0 atom stereocenters. The van der Waals surface area contributed by atoms with Crippen molar-refractivity contribution in [1.82, 2.24) is 24.8 Å². The Kier molecular flexibility index (Phi) is 4.11. The summed E-state index contributed by atoms with van der Waals surface area (Å²) in [6, 6.07) is 1.93. The van der Waals surface area contributed by atoms with Crippen molar-refractivity contribution in [3.05, 3.63) is 18.3 Å². The summed E-state index contributed by atoms with van der Waals surface area (Å²) in [4.78, 5) is 25.8. The molecular formula is C10H12N6O. The maximum absolute atomic E-state index is 10.1. The van der Waals surface area contributed by atoms with E-state index >= 15 is 0 Å². The summed E-state index contributed by atoms with van der Waals surface area (Å²) >= 11 is 0. The van der Waals surface area contributed by atoms with Crippen molar-refractivity contribution in [3.63, 3.8) is 0 Å². The molecule has 0 fully saturated rings. The molecule has 17 heavy (non-hydrogen) atoms. The molecule has 0 aromatic carbocycles. The van der Waals surface area contributed by atoms with E-state index in [9.17, 15) is 4.79 Å². The number of nitrogens with zero attached hydrogens (tertiary/aromatic N) is 5. The Labute approximate surface area is 98.1 Å². The zero-order valence-corrected chi connectivity index (χ0v) is 9.80. The van der Waals surface area contributed by atoms with Crippen LogP contribution in [-0.2, 0) is 4.79 Å². The highest BCUT2D eigenvalue weighted by atomic mass is 16.2. The van der Waals surface area contributed by atoms with Crippen molar-refractivity contribution in [3.8, 4) is 6.07 Å². The number of imidazole rings is 1. The molecule has 2 aromatic rings. The molecule has 1 N–H and O–H groups in total. The molecule has 0 bridgehead atoms. The third-order valence-corrected chi connectivity index (χ3v) is 1.96. The molecule has 2 aromatic heterocycles. The predicted molar refractivity (Wildman–Crippen MR) is 60.8 cm³/mol. The van der Waals surface area contributed by atoms with Crippen LogP contribution in [0.25, 0.3) is 11.2 Å². The Morgan fingerprint density at radius 2 is 2.06 bits per heavy atom. The van der Waals surface area contributed by atoms with E-state index in [1.165, 1.54) is 24.5 Å². The molecule has 0 aliphatic heterocycles. The number of carbonyl (C=O) groups is 1. The van der Waals surface area contributed by atoms with Crippen LogP contribution in [0.3, 0.4) is 0 Å². The van der Waals surface area contributed by atoms with Gasteiger partial charge in [-0.3, -0.25) is 4.79 Å². The standard InChI is InChI=1S/C6H3N5.C4H9NO/c7-1-4-5-6(10-2-8-4)11-3-9-5;1-4(6)5(2)3/h2-3H,(H,8,9,10,11);1-3H3. The van der Waals surface area contributed by atoms with E-state index < -0.39 is 0 Å². The number of nitrogens with one attached hydrogen (secondary N) is 1. The Hall–Kier alpha value is -2.49. The van der Waals surface area contributed by atoms with Crippen LogP contribution in [0.4, 0.5) is 0 Å². The molecular weight excluding hydrogens is 220 g/mol. The van der Waals surface area contributed by atoms with E-state index in [4.69, 9.17) is 5.26 Å². The predicted octanol–water partition coefficient (Wildman–Crippen LogP) is 0.319. The first-order valence-electron chi connectivity index (χ1n) is 4.78. The largest absolute Gasteiger partial charge is 0.349 e. The molecule has 2 heterocycles. The molecule has 0 radical (unpaired) electrons. The van der Waals surface area contributed by atoms with E-state index in [0.29, 0.717) is 16.9 Å². The summed E-state index contributed by atoms with van der Waals surface area (Å²) in [6.07, 6.45) is 2.81. The first-order chi connectivity index (χ1) is 8.06. The Morgan fingerprint density at radius 3 is 2.59 bits per heavy atom. The number of amides is 1. The van der Waals surface area contributed by atoms with Crippen LogP contribution in [0.2, 0.25) is 0 Å². The van der Waals surface area contributed by atoms with Gasteiger partial charge >= 0.3 is 0 Å². The number of hydrogen-bond donors (Lipinski definition) is 1. The highest BCUT2D eigenvalue weighted by molar-refractivity contribution is 5.74. The monoisotopic (exact) mass is 232 g/mol. The highest BCUT2D eigenvalue weighted by Gasteiger charge is 2.02. The van der Waals surface area contributed by atoms with E-state index in [2.05, 4.69) is 19.9 Å². The number of fused-ring (bicyclic) bond motifs is 1. The minimum Gasteiger partial charge on any atom is -0.349 e. The molecule has 1 amide bonds. The van der Waals surface area contributed by atoms with Gasteiger partial charge in [-0.15, -0.1) is 0 Å². The number of H-pyrrole nitrogens is 1. The summed E-state index contributed by atoms with van der Waals surface area (Å²) in [5, 5.41) is 8.57. The third-order valence-electron chi connectivity index (χ3n) is 1.96. The van der Waals surface area contributed by atoms with Crippen molar-refractivity contribution in [2.75, 3.05) is 14.1 Å². The summed E-state index contributed by atoms with van der Waals surface area (Å²) in [7, 11) is 3.45. The normalized spacial score (nSPS) is 9.06. The molecule has 7 heteroatoms. The van der Waals surface area contributed by atoms with Crippen molar-refractivity contribution in [1.29, 1.82) is 5.26 Å². The lowest BCUT2D eigenvalue weighted by atomic mass is 10.4. The number of hydrogen-bond acceptors (Lipinski definition) is 5. The molecule has 0 saturated carbocycles. The van der Waals surface area contributed by atoms with E-state index in [1.807, 2.05) is 6.07 Å². The lowest BCUT2D eigenvalue weighted by Crippen LogP contribution is -2.17. The Morgan fingerprint density at radius 1 is 1.41 bits per heavy atom. The smallest absolute Gasteiger partial charge is 0.218 e. The molecule has 88 valence electrons. The van der Waals surface area contributed by atoms with Crippen molar-refractivity contribution >= 4 is 17.1 Å². The number of rotatable bonds is 0. The first-order valence-corrected chi connectivity index (χ1v) is 4.78. The van der Waals surface area contributed by atoms with Gasteiger partial charge in [-0.05, 0) is 0 Å². The Balaban J connectivity index is 0.000000209. The number of aromatic nitrogens is 4. The molecule has 2 rings (SSSR count). The van der Waals surface area contributed by atoms with Gasteiger partial charge in [0.2, 0.25) is 5.91 Å². The number of carbonyl (C=O) groups excluding carboxylic acids is 1. The van der Waals surface area contributed by atoms with Gasteiger partial charge in [-0.1, -0.05) is 0 Å². The molecule has 0 aliphatic rings. The molecule has 0 aliphatic carbocycles. The van der Waals surface area contributed by atoms with Gasteiger partial charge in [-0.2, -0.15) is 5.26 Å². The van der Waals surface area contributed by atoms with Gasteiger partial charge in [-0.25, -0.2) is 15.0 Å². The second kappa shape index (κ2) is 5.55. The lowest BCUT2D eigenvalue weighted by molar-refractivity contribution is -0.126. The second-order valence-electron chi connectivity index (χ2n) is 3.35. The van der Waals surface area contributed by atoms with Crippen LogP contribution < -0.4 is 0 Å². The topological polar surface area (TPSA) is 98.6 Å². The molecule has 0 unspecified atom stereocenters. The van der Waals surface area contributed by atoms with E-state index in [0.717, 1.165) is 0 Å². The van der Waals surface area contributed by atoms with E-state index in [-0.39, 0.29) is 5.91 Å².